The van der Waals surface area contributed by atoms with Gasteiger partial charge in [0.15, 0.2) is 5.96 Å². The Hall–Kier alpha value is -2.08. The fourth-order valence-electron chi connectivity index (χ4n) is 2.47. The summed E-state index contributed by atoms with van der Waals surface area (Å²) in [7, 11) is 0. The molecule has 0 radical (unpaired) electrons. The molecule has 1 aromatic heterocycles. The van der Waals surface area contributed by atoms with Gasteiger partial charge < -0.3 is 15.2 Å². The van der Waals surface area contributed by atoms with E-state index >= 15 is 0 Å². The highest BCUT2D eigenvalue weighted by Crippen LogP contribution is 2.09. The number of aryl methyl sites for hydroxylation is 1. The number of hydrogen-bond donors (Lipinski definition) is 2. The van der Waals surface area contributed by atoms with E-state index in [0.29, 0.717) is 6.04 Å². The summed E-state index contributed by atoms with van der Waals surface area (Å²) in [6.07, 6.45) is 4.59. The first kappa shape index (κ1) is 20.2. The van der Waals surface area contributed by atoms with Crippen LogP contribution in [0.1, 0.15) is 38.6 Å². The van der Waals surface area contributed by atoms with Crippen molar-refractivity contribution in [1.82, 2.24) is 25.4 Å². The van der Waals surface area contributed by atoms with E-state index in [9.17, 15) is 0 Å². The summed E-state index contributed by atoms with van der Waals surface area (Å²) in [5, 5.41) is 15.7. The minimum atomic E-state index is 0.373. The third-order valence-electron chi connectivity index (χ3n) is 4.24. The smallest absolute Gasteiger partial charge is 0.191 e. The fraction of sp³-hybridized carbons (Fsp3) is 0.526. The Kier molecular flexibility index (Phi) is 8.41. The van der Waals surface area contributed by atoms with Crippen LogP contribution in [0.4, 0.5) is 0 Å². The van der Waals surface area contributed by atoms with E-state index < -0.39 is 0 Å². The van der Waals surface area contributed by atoms with Crippen molar-refractivity contribution in [3.05, 3.63) is 47.0 Å². The summed E-state index contributed by atoms with van der Waals surface area (Å²) in [4.78, 5) is 4.71. The van der Waals surface area contributed by atoms with E-state index in [-0.39, 0.29) is 0 Å². The number of nitrogens with one attached hydrogen (secondary N) is 2. The van der Waals surface area contributed by atoms with E-state index in [1.165, 1.54) is 5.56 Å². The van der Waals surface area contributed by atoms with Crippen molar-refractivity contribution in [2.75, 3.05) is 13.1 Å². The Labute approximate surface area is 161 Å². The van der Waals surface area contributed by atoms with Crippen LogP contribution in [-0.4, -0.2) is 39.9 Å². The average Bonchev–Trinajstić information content (AvgIpc) is 3.10. The van der Waals surface area contributed by atoms with E-state index in [0.717, 1.165) is 55.7 Å². The van der Waals surface area contributed by atoms with Gasteiger partial charge >= 0.3 is 0 Å². The first-order valence-electron chi connectivity index (χ1n) is 9.28. The molecule has 0 aliphatic heterocycles. The molecule has 26 heavy (non-hydrogen) atoms. The summed E-state index contributed by atoms with van der Waals surface area (Å²) in [5.74, 6) is 1.85. The zero-order valence-electron chi connectivity index (χ0n) is 15.9. The topological polar surface area (TPSA) is 67.1 Å². The molecule has 0 fully saturated rings. The van der Waals surface area contributed by atoms with E-state index in [1.54, 1.807) is 6.33 Å². The van der Waals surface area contributed by atoms with Crippen LogP contribution in [0.3, 0.4) is 0 Å². The highest BCUT2D eigenvalue weighted by molar-refractivity contribution is 6.30. The molecule has 1 atom stereocenters. The first-order chi connectivity index (χ1) is 12.6. The molecule has 2 aromatic rings. The van der Waals surface area contributed by atoms with Crippen molar-refractivity contribution in [2.24, 2.45) is 4.99 Å². The molecule has 1 heterocycles. The molecule has 0 spiro atoms. The summed E-state index contributed by atoms with van der Waals surface area (Å²) in [6, 6.07) is 8.30. The third-order valence-corrected chi connectivity index (χ3v) is 4.49. The number of hydrogen-bond acceptors (Lipinski definition) is 3. The quantitative estimate of drug-likeness (QED) is 0.521. The van der Waals surface area contributed by atoms with Gasteiger partial charge in [0.2, 0.25) is 0 Å². The van der Waals surface area contributed by atoms with Crippen molar-refractivity contribution in [3.63, 3.8) is 0 Å². The van der Waals surface area contributed by atoms with Crippen molar-refractivity contribution < 1.29 is 0 Å². The van der Waals surface area contributed by atoms with Crippen LogP contribution in [0.2, 0.25) is 5.02 Å². The second kappa shape index (κ2) is 10.8. The summed E-state index contributed by atoms with van der Waals surface area (Å²) in [6.45, 7) is 8.71. The standard InChI is InChI=1S/C19H29ClN6/c1-4-15(3)24-19(21-11-10-16-6-8-17(20)9-7-16)22-12-13-26-14-23-25-18(26)5-2/h6-9,14-15H,4-5,10-13H2,1-3H3,(H2,21,22,24). The van der Waals surface area contributed by atoms with Gasteiger partial charge in [-0.05, 0) is 37.5 Å². The maximum absolute atomic E-state index is 5.93. The van der Waals surface area contributed by atoms with Gasteiger partial charge in [-0.3, -0.25) is 4.99 Å². The Morgan fingerprint density at radius 1 is 1.27 bits per heavy atom. The van der Waals surface area contributed by atoms with Gasteiger partial charge in [-0.15, -0.1) is 10.2 Å². The molecule has 142 valence electrons. The SMILES string of the molecule is CCc1nncn1CCNC(=NCCc1ccc(Cl)cc1)NC(C)CC. The van der Waals surface area contributed by atoms with Crippen LogP contribution in [0.5, 0.6) is 0 Å². The lowest BCUT2D eigenvalue weighted by Gasteiger charge is -2.17. The molecule has 0 aliphatic carbocycles. The van der Waals surface area contributed by atoms with Crippen LogP contribution in [0.15, 0.2) is 35.6 Å². The molecule has 0 aliphatic rings. The number of guanidine groups is 1. The summed E-state index contributed by atoms with van der Waals surface area (Å²) >= 11 is 5.93. The maximum Gasteiger partial charge on any atom is 0.191 e. The van der Waals surface area contributed by atoms with Crippen molar-refractivity contribution >= 4 is 17.6 Å². The van der Waals surface area contributed by atoms with Crippen molar-refractivity contribution in [2.45, 2.75) is 52.6 Å². The van der Waals surface area contributed by atoms with Crippen LogP contribution in [-0.2, 0) is 19.4 Å². The van der Waals surface area contributed by atoms with Crippen molar-refractivity contribution in [1.29, 1.82) is 0 Å². The van der Waals surface area contributed by atoms with Crippen LogP contribution >= 0.6 is 11.6 Å². The molecule has 1 aromatic carbocycles. The Morgan fingerprint density at radius 3 is 2.73 bits per heavy atom. The molecule has 0 bridgehead atoms. The van der Waals surface area contributed by atoms with Gasteiger partial charge in [-0.2, -0.15) is 0 Å². The van der Waals surface area contributed by atoms with Crippen molar-refractivity contribution in [3.8, 4) is 0 Å². The monoisotopic (exact) mass is 376 g/mol. The zero-order chi connectivity index (χ0) is 18.8. The zero-order valence-corrected chi connectivity index (χ0v) is 16.6. The molecule has 7 heteroatoms. The molecule has 0 amide bonds. The van der Waals surface area contributed by atoms with E-state index in [1.807, 2.05) is 24.3 Å². The largest absolute Gasteiger partial charge is 0.355 e. The van der Waals surface area contributed by atoms with Gasteiger partial charge in [0.1, 0.15) is 12.2 Å². The predicted molar refractivity (Wildman–Crippen MR) is 108 cm³/mol. The maximum atomic E-state index is 5.93. The van der Waals surface area contributed by atoms with Gasteiger partial charge in [-0.25, -0.2) is 0 Å². The lowest BCUT2D eigenvalue weighted by Crippen LogP contribution is -2.43. The number of rotatable bonds is 9. The van der Waals surface area contributed by atoms with Gasteiger partial charge in [0, 0.05) is 37.1 Å². The molecule has 2 N–H and O–H groups in total. The second-order valence-electron chi connectivity index (χ2n) is 6.28. The van der Waals surface area contributed by atoms with E-state index in [4.69, 9.17) is 16.6 Å². The van der Waals surface area contributed by atoms with E-state index in [2.05, 4.69) is 46.2 Å². The average molecular weight is 377 g/mol. The number of nitrogens with zero attached hydrogens (tertiary/aromatic N) is 4. The van der Waals surface area contributed by atoms with Crippen LogP contribution in [0, 0.1) is 0 Å². The number of halogens is 1. The minimum absolute atomic E-state index is 0.373. The normalized spacial score (nSPS) is 12.8. The number of aromatic nitrogens is 3. The molecular formula is C19H29ClN6. The van der Waals surface area contributed by atoms with Gasteiger partial charge in [0.05, 0.1) is 0 Å². The Balaban J connectivity index is 1.88. The molecule has 0 saturated carbocycles. The predicted octanol–water partition coefficient (Wildman–Crippen LogP) is 3.07. The third kappa shape index (κ3) is 6.67. The highest BCUT2D eigenvalue weighted by Gasteiger charge is 2.05. The van der Waals surface area contributed by atoms with Crippen LogP contribution in [0.25, 0.3) is 0 Å². The molecule has 6 nitrogen and oxygen atoms in total. The molecular weight excluding hydrogens is 348 g/mol. The minimum Gasteiger partial charge on any atom is -0.355 e. The summed E-state index contributed by atoms with van der Waals surface area (Å²) in [5.41, 5.74) is 1.23. The first-order valence-corrected chi connectivity index (χ1v) is 9.66. The fourth-order valence-corrected chi connectivity index (χ4v) is 2.60. The number of benzene rings is 1. The summed E-state index contributed by atoms with van der Waals surface area (Å²) < 4.78 is 2.07. The highest BCUT2D eigenvalue weighted by atomic mass is 35.5. The second-order valence-corrected chi connectivity index (χ2v) is 6.72. The lowest BCUT2D eigenvalue weighted by molar-refractivity contribution is 0.599. The van der Waals surface area contributed by atoms with Gasteiger partial charge in [0.25, 0.3) is 0 Å². The molecule has 2 rings (SSSR count). The van der Waals surface area contributed by atoms with Gasteiger partial charge in [-0.1, -0.05) is 37.6 Å². The van der Waals surface area contributed by atoms with Crippen LogP contribution < -0.4 is 10.6 Å². The molecule has 1 unspecified atom stereocenters. The Morgan fingerprint density at radius 2 is 2.04 bits per heavy atom. The molecule has 0 saturated heterocycles. The number of aliphatic imine (C=N–C) groups is 1. The Bertz CT molecular complexity index is 680. The lowest BCUT2D eigenvalue weighted by atomic mass is 10.1.